The highest BCUT2D eigenvalue weighted by atomic mass is 16.2. The standard InChI is InChI=1S/C18H32N4O2/c1-4-9-16(15(2)20-14-19)21(3)12-7-5-6-8-13-22-17(23)10-11-18(22)24/h10-11,16,20H,2,4-9,12-14,19H2,1,3H3/t16-/m0/s1. The van der Waals surface area contributed by atoms with Crippen molar-refractivity contribution in [2.45, 2.75) is 51.5 Å². The lowest BCUT2D eigenvalue weighted by atomic mass is 10.1. The molecule has 2 amide bonds. The summed E-state index contributed by atoms with van der Waals surface area (Å²) in [5.41, 5.74) is 6.53. The molecule has 1 aliphatic rings. The summed E-state index contributed by atoms with van der Waals surface area (Å²) in [7, 11) is 2.12. The maximum atomic E-state index is 11.4. The molecular formula is C18H32N4O2. The zero-order chi connectivity index (χ0) is 17.9. The van der Waals surface area contributed by atoms with E-state index in [4.69, 9.17) is 5.73 Å². The third-order valence-electron chi connectivity index (χ3n) is 4.37. The quantitative estimate of drug-likeness (QED) is 0.303. The Morgan fingerprint density at radius 1 is 1.25 bits per heavy atom. The molecule has 0 aromatic heterocycles. The summed E-state index contributed by atoms with van der Waals surface area (Å²) in [6.07, 6.45) is 8.91. The number of carbonyl (C=O) groups excluding carboxylic acids is 2. The van der Waals surface area contributed by atoms with Gasteiger partial charge in [0.2, 0.25) is 0 Å². The molecule has 0 spiro atoms. The predicted octanol–water partition coefficient (Wildman–Crippen LogP) is 1.59. The summed E-state index contributed by atoms with van der Waals surface area (Å²) in [5.74, 6) is -0.374. The molecule has 1 atom stereocenters. The highest BCUT2D eigenvalue weighted by Crippen LogP contribution is 2.13. The van der Waals surface area contributed by atoms with Gasteiger partial charge in [0.05, 0.1) is 6.67 Å². The second-order valence-electron chi connectivity index (χ2n) is 6.27. The number of rotatable bonds is 13. The van der Waals surface area contributed by atoms with Crippen molar-refractivity contribution in [2.24, 2.45) is 5.73 Å². The predicted molar refractivity (Wildman–Crippen MR) is 97.0 cm³/mol. The van der Waals surface area contributed by atoms with Crippen LogP contribution in [0.15, 0.2) is 24.4 Å². The summed E-state index contributed by atoms with van der Waals surface area (Å²) in [6, 6.07) is 0.310. The van der Waals surface area contributed by atoms with E-state index in [1.807, 2.05) is 0 Å². The first-order chi connectivity index (χ1) is 11.5. The Balaban J connectivity index is 2.19. The summed E-state index contributed by atoms with van der Waals surface area (Å²) in [5, 5.41) is 3.13. The second-order valence-corrected chi connectivity index (χ2v) is 6.27. The van der Waals surface area contributed by atoms with E-state index in [2.05, 4.69) is 30.8 Å². The molecule has 6 heteroatoms. The van der Waals surface area contributed by atoms with Gasteiger partial charge in [-0.25, -0.2) is 0 Å². The van der Waals surface area contributed by atoms with E-state index in [1.54, 1.807) is 0 Å². The van der Waals surface area contributed by atoms with Crippen molar-refractivity contribution in [1.82, 2.24) is 15.1 Å². The average molecular weight is 336 g/mol. The third-order valence-corrected chi connectivity index (χ3v) is 4.37. The van der Waals surface area contributed by atoms with Crippen molar-refractivity contribution < 1.29 is 9.59 Å². The smallest absolute Gasteiger partial charge is 0.253 e. The van der Waals surface area contributed by atoms with Crippen LogP contribution >= 0.6 is 0 Å². The fraction of sp³-hybridized carbons (Fsp3) is 0.667. The SMILES string of the molecule is C=C(NCN)[C@H](CCC)N(C)CCCCCCN1C(=O)C=CC1=O. The first-order valence-electron chi connectivity index (χ1n) is 8.87. The minimum atomic E-state index is -0.187. The minimum Gasteiger partial charge on any atom is -0.375 e. The molecule has 3 N–H and O–H groups in total. The number of hydrogen-bond donors (Lipinski definition) is 2. The van der Waals surface area contributed by atoms with Crippen LogP contribution in [0.3, 0.4) is 0 Å². The number of nitrogens with one attached hydrogen (secondary N) is 1. The van der Waals surface area contributed by atoms with Gasteiger partial charge in [0.25, 0.3) is 11.8 Å². The lowest BCUT2D eigenvalue weighted by Gasteiger charge is -2.30. The van der Waals surface area contributed by atoms with Gasteiger partial charge in [-0.1, -0.05) is 32.8 Å². The number of hydrogen-bond acceptors (Lipinski definition) is 5. The van der Waals surface area contributed by atoms with Gasteiger partial charge in [0.15, 0.2) is 0 Å². The number of unbranched alkanes of at least 4 members (excludes halogenated alkanes) is 3. The Kier molecular flexibility index (Phi) is 9.34. The van der Waals surface area contributed by atoms with E-state index in [1.165, 1.54) is 17.1 Å². The number of likely N-dealkylation sites (N-methyl/N-ethyl adjacent to an activating group) is 1. The molecule has 0 unspecified atom stereocenters. The highest BCUT2D eigenvalue weighted by Gasteiger charge is 2.22. The molecule has 0 saturated heterocycles. The summed E-state index contributed by atoms with van der Waals surface area (Å²) in [6.45, 7) is 8.20. The first-order valence-corrected chi connectivity index (χ1v) is 8.87. The number of amides is 2. The number of nitrogens with two attached hydrogens (primary N) is 1. The summed E-state index contributed by atoms with van der Waals surface area (Å²) < 4.78 is 0. The largest absolute Gasteiger partial charge is 0.375 e. The van der Waals surface area contributed by atoms with E-state index < -0.39 is 0 Å². The Labute approximate surface area is 145 Å². The van der Waals surface area contributed by atoms with Crippen LogP contribution in [0.5, 0.6) is 0 Å². The third kappa shape index (κ3) is 6.45. The molecule has 6 nitrogen and oxygen atoms in total. The Hall–Kier alpha value is -1.66. The Bertz CT molecular complexity index is 444. The molecule has 24 heavy (non-hydrogen) atoms. The highest BCUT2D eigenvalue weighted by molar-refractivity contribution is 6.12. The molecule has 0 radical (unpaired) electrons. The first kappa shape index (κ1) is 20.4. The maximum Gasteiger partial charge on any atom is 0.253 e. The van der Waals surface area contributed by atoms with Gasteiger partial charge in [-0.2, -0.15) is 0 Å². The van der Waals surface area contributed by atoms with Gasteiger partial charge in [0, 0.05) is 30.4 Å². The summed E-state index contributed by atoms with van der Waals surface area (Å²) in [4.78, 5) is 26.5. The van der Waals surface area contributed by atoms with E-state index in [0.717, 1.165) is 50.8 Å². The van der Waals surface area contributed by atoms with E-state index >= 15 is 0 Å². The second kappa shape index (κ2) is 11.0. The van der Waals surface area contributed by atoms with Crippen LogP contribution in [0, 0.1) is 0 Å². The van der Waals surface area contributed by atoms with Gasteiger partial charge in [-0.15, -0.1) is 0 Å². The molecule has 1 heterocycles. The van der Waals surface area contributed by atoms with Crippen LogP contribution < -0.4 is 11.1 Å². The number of nitrogens with zero attached hydrogens (tertiary/aromatic N) is 2. The molecule has 0 fully saturated rings. The molecule has 0 aromatic carbocycles. The van der Waals surface area contributed by atoms with Crippen LogP contribution in [0.1, 0.15) is 45.4 Å². The molecule has 1 rings (SSSR count). The topological polar surface area (TPSA) is 78.7 Å². The van der Waals surface area contributed by atoms with E-state index in [-0.39, 0.29) is 11.8 Å². The van der Waals surface area contributed by atoms with Gasteiger partial charge >= 0.3 is 0 Å². The van der Waals surface area contributed by atoms with Gasteiger partial charge in [-0.3, -0.25) is 19.4 Å². The molecule has 1 aliphatic heterocycles. The van der Waals surface area contributed by atoms with Crippen molar-refractivity contribution in [3.63, 3.8) is 0 Å². The fourth-order valence-corrected chi connectivity index (χ4v) is 2.98. The molecule has 0 aliphatic carbocycles. The zero-order valence-corrected chi connectivity index (χ0v) is 15.1. The van der Waals surface area contributed by atoms with Crippen molar-refractivity contribution in [2.75, 3.05) is 26.8 Å². The summed E-state index contributed by atoms with van der Waals surface area (Å²) >= 11 is 0. The van der Waals surface area contributed by atoms with Gasteiger partial charge in [-0.05, 0) is 32.9 Å². The Morgan fingerprint density at radius 3 is 2.46 bits per heavy atom. The lowest BCUT2D eigenvalue weighted by molar-refractivity contribution is -0.136. The zero-order valence-electron chi connectivity index (χ0n) is 15.1. The van der Waals surface area contributed by atoms with Crippen LogP contribution in [0.2, 0.25) is 0 Å². The van der Waals surface area contributed by atoms with Crippen LogP contribution in [0.4, 0.5) is 0 Å². The van der Waals surface area contributed by atoms with E-state index in [9.17, 15) is 9.59 Å². The van der Waals surface area contributed by atoms with Gasteiger partial charge < -0.3 is 11.1 Å². The van der Waals surface area contributed by atoms with Crippen molar-refractivity contribution in [3.8, 4) is 0 Å². The van der Waals surface area contributed by atoms with Crippen molar-refractivity contribution in [3.05, 3.63) is 24.4 Å². The molecule has 0 saturated carbocycles. The molecule has 136 valence electrons. The maximum absolute atomic E-state index is 11.4. The normalized spacial score (nSPS) is 15.4. The average Bonchev–Trinajstić information content (AvgIpc) is 2.87. The molecule has 0 bridgehead atoms. The van der Waals surface area contributed by atoms with E-state index in [0.29, 0.717) is 19.3 Å². The van der Waals surface area contributed by atoms with Gasteiger partial charge in [0.1, 0.15) is 0 Å². The lowest BCUT2D eigenvalue weighted by Crippen LogP contribution is -2.39. The number of imide groups is 1. The van der Waals surface area contributed by atoms with Crippen molar-refractivity contribution in [1.29, 1.82) is 0 Å². The Morgan fingerprint density at radius 2 is 1.88 bits per heavy atom. The minimum absolute atomic E-state index is 0.187. The molecule has 0 aromatic rings. The van der Waals surface area contributed by atoms with Crippen molar-refractivity contribution >= 4 is 11.8 Å². The monoisotopic (exact) mass is 336 g/mol. The van der Waals surface area contributed by atoms with Crippen LogP contribution in [0.25, 0.3) is 0 Å². The molecular weight excluding hydrogens is 304 g/mol. The number of carbonyl (C=O) groups is 2. The fourth-order valence-electron chi connectivity index (χ4n) is 2.98. The van der Waals surface area contributed by atoms with Crippen LogP contribution in [-0.2, 0) is 9.59 Å². The van der Waals surface area contributed by atoms with Crippen LogP contribution in [-0.4, -0.2) is 54.5 Å².